The fourth-order valence-electron chi connectivity index (χ4n) is 1.90. The number of hydrogen-bond donors (Lipinski definition) is 2. The minimum absolute atomic E-state index is 0.0499. The van der Waals surface area contributed by atoms with E-state index in [1.54, 1.807) is 0 Å². The summed E-state index contributed by atoms with van der Waals surface area (Å²) in [5, 5.41) is 6.14. The van der Waals surface area contributed by atoms with Crippen molar-refractivity contribution >= 4 is 21.8 Å². The number of amides is 1. The van der Waals surface area contributed by atoms with E-state index in [4.69, 9.17) is 4.74 Å². The molecule has 0 aromatic heterocycles. The smallest absolute Gasteiger partial charge is 0.257 e. The molecule has 0 aliphatic heterocycles. The first-order valence-electron chi connectivity index (χ1n) is 7.33. The van der Waals surface area contributed by atoms with Crippen LogP contribution in [0.15, 0.2) is 16.6 Å². The highest BCUT2D eigenvalue weighted by Gasteiger charge is 2.11. The lowest BCUT2D eigenvalue weighted by Gasteiger charge is -2.15. The van der Waals surface area contributed by atoms with Crippen LogP contribution in [0.5, 0.6) is 5.75 Å². The summed E-state index contributed by atoms with van der Waals surface area (Å²) in [6.07, 6.45) is 0. The highest BCUT2D eigenvalue weighted by atomic mass is 79.9. The lowest BCUT2D eigenvalue weighted by molar-refractivity contribution is -0.123. The lowest BCUT2D eigenvalue weighted by atomic mass is 10.1. The number of rotatable bonds is 8. The topological polar surface area (TPSA) is 50.4 Å². The Kier molecular flexibility index (Phi) is 7.75. The monoisotopic (exact) mass is 356 g/mol. The zero-order valence-corrected chi connectivity index (χ0v) is 14.8. The van der Waals surface area contributed by atoms with Gasteiger partial charge in [0.05, 0.1) is 0 Å². The number of nitrogens with one attached hydrogen (secondary N) is 2. The summed E-state index contributed by atoms with van der Waals surface area (Å²) in [4.78, 5) is 11.8. The van der Waals surface area contributed by atoms with Gasteiger partial charge in [0.1, 0.15) is 5.75 Å². The molecule has 118 valence electrons. The molecule has 0 bridgehead atoms. The molecular weight excluding hydrogens is 332 g/mol. The zero-order chi connectivity index (χ0) is 15.8. The van der Waals surface area contributed by atoms with Gasteiger partial charge in [-0.15, -0.1) is 0 Å². The molecule has 0 radical (unpaired) electrons. The molecule has 0 saturated carbocycles. The van der Waals surface area contributed by atoms with E-state index in [-0.39, 0.29) is 12.5 Å². The van der Waals surface area contributed by atoms with Crippen molar-refractivity contribution in [3.8, 4) is 5.75 Å². The van der Waals surface area contributed by atoms with Gasteiger partial charge >= 0.3 is 0 Å². The molecule has 5 heteroatoms. The van der Waals surface area contributed by atoms with Gasteiger partial charge in [-0.3, -0.25) is 4.79 Å². The van der Waals surface area contributed by atoms with Crippen LogP contribution in [0.2, 0.25) is 0 Å². The number of halogens is 1. The van der Waals surface area contributed by atoms with Crippen molar-refractivity contribution in [3.63, 3.8) is 0 Å². The summed E-state index contributed by atoms with van der Waals surface area (Å²) in [6.45, 7) is 10.5. The molecule has 21 heavy (non-hydrogen) atoms. The van der Waals surface area contributed by atoms with E-state index in [9.17, 15) is 4.79 Å². The molecular formula is C16H25BrN2O2. The van der Waals surface area contributed by atoms with Crippen LogP contribution in [-0.4, -0.2) is 25.6 Å². The van der Waals surface area contributed by atoms with E-state index in [1.807, 2.05) is 19.1 Å². The van der Waals surface area contributed by atoms with Crippen LogP contribution in [0.1, 0.15) is 31.9 Å². The van der Waals surface area contributed by atoms with E-state index < -0.39 is 0 Å². The van der Waals surface area contributed by atoms with E-state index in [1.165, 1.54) is 0 Å². The maximum absolute atomic E-state index is 11.8. The van der Waals surface area contributed by atoms with Gasteiger partial charge in [0.2, 0.25) is 0 Å². The predicted octanol–water partition coefficient (Wildman–Crippen LogP) is 3.02. The Morgan fingerprint density at radius 1 is 1.38 bits per heavy atom. The Hall–Kier alpha value is -1.07. The Balaban J connectivity index is 2.70. The molecule has 1 rings (SSSR count). The fourth-order valence-corrected chi connectivity index (χ4v) is 2.52. The summed E-state index contributed by atoms with van der Waals surface area (Å²) in [5.74, 6) is 1.15. The molecule has 0 aliphatic rings. The third-order valence-electron chi connectivity index (χ3n) is 2.94. The summed E-state index contributed by atoms with van der Waals surface area (Å²) in [6, 6.07) is 4.02. The van der Waals surface area contributed by atoms with Crippen molar-refractivity contribution in [1.29, 1.82) is 0 Å². The second-order valence-corrected chi connectivity index (χ2v) is 6.39. The number of benzene rings is 1. The summed E-state index contributed by atoms with van der Waals surface area (Å²) < 4.78 is 6.76. The second kappa shape index (κ2) is 9.05. The summed E-state index contributed by atoms with van der Waals surface area (Å²) in [7, 11) is 0. The van der Waals surface area contributed by atoms with Gasteiger partial charge in [0.15, 0.2) is 6.61 Å². The lowest BCUT2D eigenvalue weighted by Crippen LogP contribution is -2.32. The van der Waals surface area contributed by atoms with Crippen molar-refractivity contribution in [2.75, 3.05) is 19.7 Å². The molecule has 0 aliphatic carbocycles. The zero-order valence-electron chi connectivity index (χ0n) is 13.3. The van der Waals surface area contributed by atoms with Crippen molar-refractivity contribution in [2.24, 2.45) is 5.92 Å². The van der Waals surface area contributed by atoms with E-state index in [0.717, 1.165) is 34.4 Å². The van der Waals surface area contributed by atoms with Gasteiger partial charge in [0, 0.05) is 23.1 Å². The van der Waals surface area contributed by atoms with Crippen molar-refractivity contribution in [2.45, 2.75) is 34.2 Å². The van der Waals surface area contributed by atoms with Crippen LogP contribution in [0.3, 0.4) is 0 Å². The first-order valence-corrected chi connectivity index (χ1v) is 8.12. The van der Waals surface area contributed by atoms with Gasteiger partial charge in [-0.25, -0.2) is 0 Å². The average Bonchev–Trinajstić information content (AvgIpc) is 2.41. The minimum Gasteiger partial charge on any atom is -0.483 e. The highest BCUT2D eigenvalue weighted by molar-refractivity contribution is 9.10. The molecule has 0 saturated heterocycles. The van der Waals surface area contributed by atoms with Gasteiger partial charge in [-0.05, 0) is 37.1 Å². The van der Waals surface area contributed by atoms with Gasteiger partial charge < -0.3 is 15.4 Å². The molecule has 2 N–H and O–H groups in total. The Labute approximate surface area is 135 Å². The SMILES string of the molecule is CCNCc1cc(Br)cc(C)c1OCC(=O)NCC(C)C. The maximum Gasteiger partial charge on any atom is 0.257 e. The Bertz CT molecular complexity index is 476. The fraction of sp³-hybridized carbons (Fsp3) is 0.562. The van der Waals surface area contributed by atoms with Gasteiger partial charge in [0.25, 0.3) is 5.91 Å². The Morgan fingerprint density at radius 2 is 2.10 bits per heavy atom. The molecule has 0 spiro atoms. The summed E-state index contributed by atoms with van der Waals surface area (Å²) in [5.41, 5.74) is 2.08. The molecule has 1 aromatic rings. The number of hydrogen-bond acceptors (Lipinski definition) is 3. The van der Waals surface area contributed by atoms with Crippen LogP contribution >= 0.6 is 15.9 Å². The normalized spacial score (nSPS) is 10.8. The van der Waals surface area contributed by atoms with Crippen LogP contribution in [0.4, 0.5) is 0 Å². The van der Waals surface area contributed by atoms with Crippen LogP contribution < -0.4 is 15.4 Å². The molecule has 0 atom stereocenters. The van der Waals surface area contributed by atoms with Crippen LogP contribution in [0.25, 0.3) is 0 Å². The number of ether oxygens (including phenoxy) is 1. The van der Waals surface area contributed by atoms with E-state index in [0.29, 0.717) is 12.5 Å². The molecule has 0 fully saturated rings. The first kappa shape index (κ1) is 18.0. The Morgan fingerprint density at radius 3 is 2.71 bits per heavy atom. The first-order chi connectivity index (χ1) is 9.93. The second-order valence-electron chi connectivity index (χ2n) is 5.48. The standard InChI is InChI=1S/C16H25BrN2O2/c1-5-18-9-13-7-14(17)6-12(4)16(13)21-10-15(20)19-8-11(2)3/h6-7,11,18H,5,8-10H2,1-4H3,(H,19,20). The molecule has 1 amide bonds. The number of carbonyl (C=O) groups excluding carboxylic acids is 1. The third-order valence-corrected chi connectivity index (χ3v) is 3.39. The van der Waals surface area contributed by atoms with E-state index >= 15 is 0 Å². The van der Waals surface area contributed by atoms with Gasteiger partial charge in [-0.2, -0.15) is 0 Å². The number of carbonyl (C=O) groups is 1. The molecule has 1 aromatic carbocycles. The summed E-state index contributed by atoms with van der Waals surface area (Å²) >= 11 is 3.50. The van der Waals surface area contributed by atoms with E-state index in [2.05, 4.69) is 47.3 Å². The maximum atomic E-state index is 11.8. The average molecular weight is 357 g/mol. The van der Waals surface area contributed by atoms with Crippen molar-refractivity contribution in [3.05, 3.63) is 27.7 Å². The van der Waals surface area contributed by atoms with Crippen LogP contribution in [-0.2, 0) is 11.3 Å². The van der Waals surface area contributed by atoms with Gasteiger partial charge in [-0.1, -0.05) is 36.7 Å². The predicted molar refractivity (Wildman–Crippen MR) is 89.6 cm³/mol. The molecule has 0 heterocycles. The number of aryl methyl sites for hydroxylation is 1. The minimum atomic E-state index is -0.0829. The highest BCUT2D eigenvalue weighted by Crippen LogP contribution is 2.28. The van der Waals surface area contributed by atoms with Crippen LogP contribution in [0, 0.1) is 12.8 Å². The largest absolute Gasteiger partial charge is 0.483 e. The molecule has 0 unspecified atom stereocenters. The van der Waals surface area contributed by atoms with Crippen molar-refractivity contribution < 1.29 is 9.53 Å². The third kappa shape index (κ3) is 6.48. The quantitative estimate of drug-likeness (QED) is 0.752. The molecule has 4 nitrogen and oxygen atoms in total. The van der Waals surface area contributed by atoms with Crippen molar-refractivity contribution in [1.82, 2.24) is 10.6 Å².